The predicted octanol–water partition coefficient (Wildman–Crippen LogP) is 2.61. The highest BCUT2D eigenvalue weighted by Gasteiger charge is 2.32. The summed E-state index contributed by atoms with van der Waals surface area (Å²) in [4.78, 5) is 15.5. The fourth-order valence-corrected chi connectivity index (χ4v) is 3.45. The number of nitrogens with zero attached hydrogens (tertiary/aromatic N) is 1. The molecular formula is C13H19ClN2OS. The number of carbonyl (C=O) groups is 1. The molecule has 0 spiro atoms. The summed E-state index contributed by atoms with van der Waals surface area (Å²) < 4.78 is 0.782. The zero-order valence-corrected chi connectivity index (χ0v) is 12.4. The van der Waals surface area contributed by atoms with Crippen LogP contribution >= 0.6 is 22.9 Å². The van der Waals surface area contributed by atoms with Gasteiger partial charge in [0.05, 0.1) is 16.8 Å². The largest absolute Gasteiger partial charge is 0.338 e. The van der Waals surface area contributed by atoms with Crippen LogP contribution in [0.15, 0.2) is 12.1 Å². The van der Waals surface area contributed by atoms with Crippen molar-refractivity contribution in [2.45, 2.75) is 20.4 Å². The van der Waals surface area contributed by atoms with Crippen LogP contribution in [0.2, 0.25) is 4.34 Å². The molecule has 1 fully saturated rings. The minimum atomic E-state index is 0.125. The molecule has 1 aliphatic rings. The van der Waals surface area contributed by atoms with E-state index in [1.54, 1.807) is 11.3 Å². The monoisotopic (exact) mass is 286 g/mol. The molecule has 1 aromatic heterocycles. The molecule has 0 bridgehead atoms. The molecule has 1 N–H and O–H groups in total. The molecule has 18 heavy (non-hydrogen) atoms. The molecule has 100 valence electrons. The van der Waals surface area contributed by atoms with Crippen molar-refractivity contribution < 1.29 is 4.79 Å². The van der Waals surface area contributed by atoms with Gasteiger partial charge in [0.15, 0.2) is 0 Å². The van der Waals surface area contributed by atoms with E-state index >= 15 is 0 Å². The van der Waals surface area contributed by atoms with Crippen molar-refractivity contribution in [1.29, 1.82) is 0 Å². The molecule has 2 rings (SSSR count). The maximum absolute atomic E-state index is 12.5. The van der Waals surface area contributed by atoms with Crippen LogP contribution in [0.4, 0.5) is 0 Å². The first-order chi connectivity index (χ1) is 8.61. The zero-order valence-electron chi connectivity index (χ0n) is 10.8. The zero-order chi connectivity index (χ0) is 13.1. The van der Waals surface area contributed by atoms with Crippen LogP contribution in [0.1, 0.15) is 18.7 Å². The SMILES string of the molecule is CCN(Cc1ccc(Cl)s1)C(=O)[C@@H]1CNC[C@H]1C. The Labute approximate surface area is 117 Å². The number of hydrogen-bond acceptors (Lipinski definition) is 3. The maximum Gasteiger partial charge on any atom is 0.227 e. The molecule has 0 unspecified atom stereocenters. The Hall–Kier alpha value is -0.580. The van der Waals surface area contributed by atoms with E-state index in [4.69, 9.17) is 11.6 Å². The summed E-state index contributed by atoms with van der Waals surface area (Å²) in [6, 6.07) is 3.89. The average molecular weight is 287 g/mol. The van der Waals surface area contributed by atoms with Gasteiger partial charge in [0, 0.05) is 18.0 Å². The quantitative estimate of drug-likeness (QED) is 0.923. The van der Waals surface area contributed by atoms with Gasteiger partial charge in [-0.2, -0.15) is 0 Å². The van der Waals surface area contributed by atoms with E-state index in [2.05, 4.69) is 12.2 Å². The molecule has 1 aliphatic heterocycles. The first kappa shape index (κ1) is 13.8. The van der Waals surface area contributed by atoms with Gasteiger partial charge in [0.25, 0.3) is 0 Å². The standard InChI is InChI=1S/C13H19ClN2OS/c1-3-16(8-10-4-5-12(14)18-10)13(17)11-7-15-6-9(11)2/h4-5,9,11,15H,3,6-8H2,1-2H3/t9-,11-/m1/s1. The molecule has 2 atom stereocenters. The lowest BCUT2D eigenvalue weighted by Crippen LogP contribution is -2.38. The summed E-state index contributed by atoms with van der Waals surface area (Å²) in [5.41, 5.74) is 0. The van der Waals surface area contributed by atoms with E-state index in [1.807, 2.05) is 24.0 Å². The van der Waals surface area contributed by atoms with Crippen molar-refractivity contribution in [1.82, 2.24) is 10.2 Å². The van der Waals surface area contributed by atoms with Crippen LogP contribution in [0.3, 0.4) is 0 Å². The Kier molecular flexibility index (Phi) is 4.65. The number of hydrogen-bond donors (Lipinski definition) is 1. The van der Waals surface area contributed by atoms with E-state index in [1.165, 1.54) is 0 Å². The molecule has 1 aromatic rings. The van der Waals surface area contributed by atoms with E-state index in [0.29, 0.717) is 12.5 Å². The third-order valence-electron chi connectivity index (χ3n) is 3.50. The van der Waals surface area contributed by atoms with E-state index < -0.39 is 0 Å². The van der Waals surface area contributed by atoms with Crippen LogP contribution in [0, 0.1) is 11.8 Å². The second-order valence-corrected chi connectivity index (χ2v) is 6.60. The van der Waals surface area contributed by atoms with Gasteiger partial charge in [-0.25, -0.2) is 0 Å². The molecule has 1 saturated heterocycles. The number of thiophene rings is 1. The number of carbonyl (C=O) groups excluding carboxylic acids is 1. The first-order valence-corrected chi connectivity index (χ1v) is 7.55. The minimum absolute atomic E-state index is 0.125. The number of rotatable bonds is 4. The fourth-order valence-electron chi connectivity index (χ4n) is 2.35. The fraction of sp³-hybridized carbons (Fsp3) is 0.615. The third-order valence-corrected chi connectivity index (χ3v) is 4.72. The van der Waals surface area contributed by atoms with Crippen molar-refractivity contribution in [3.63, 3.8) is 0 Å². The smallest absolute Gasteiger partial charge is 0.227 e. The van der Waals surface area contributed by atoms with Gasteiger partial charge in [0.2, 0.25) is 5.91 Å². The van der Waals surface area contributed by atoms with Crippen molar-refractivity contribution in [3.8, 4) is 0 Å². The number of amides is 1. The summed E-state index contributed by atoms with van der Waals surface area (Å²) in [5, 5.41) is 3.28. The van der Waals surface area contributed by atoms with Crippen LogP contribution < -0.4 is 5.32 Å². The molecule has 5 heteroatoms. The lowest BCUT2D eigenvalue weighted by molar-refractivity contribution is -0.136. The van der Waals surface area contributed by atoms with Crippen molar-refractivity contribution in [2.75, 3.05) is 19.6 Å². The van der Waals surface area contributed by atoms with Gasteiger partial charge in [-0.1, -0.05) is 18.5 Å². The van der Waals surface area contributed by atoms with Gasteiger partial charge < -0.3 is 10.2 Å². The highest BCUT2D eigenvalue weighted by Crippen LogP contribution is 2.24. The van der Waals surface area contributed by atoms with Crippen molar-refractivity contribution in [2.24, 2.45) is 11.8 Å². The molecule has 2 heterocycles. The molecular weight excluding hydrogens is 268 g/mol. The normalized spacial score (nSPS) is 23.3. The Morgan fingerprint density at radius 3 is 2.83 bits per heavy atom. The van der Waals surface area contributed by atoms with E-state index in [0.717, 1.165) is 28.8 Å². The predicted molar refractivity (Wildman–Crippen MR) is 75.9 cm³/mol. The number of halogens is 1. The van der Waals surface area contributed by atoms with Gasteiger partial charge in [-0.3, -0.25) is 4.79 Å². The summed E-state index contributed by atoms with van der Waals surface area (Å²) >= 11 is 7.47. The summed E-state index contributed by atoms with van der Waals surface area (Å²) in [6.45, 7) is 7.34. The molecule has 0 aromatic carbocycles. The van der Waals surface area contributed by atoms with Gasteiger partial charge in [-0.15, -0.1) is 11.3 Å². The topological polar surface area (TPSA) is 32.3 Å². The first-order valence-electron chi connectivity index (χ1n) is 6.35. The molecule has 0 saturated carbocycles. The van der Waals surface area contributed by atoms with Gasteiger partial charge in [0.1, 0.15) is 0 Å². The Balaban J connectivity index is 2.01. The highest BCUT2D eigenvalue weighted by molar-refractivity contribution is 7.16. The Morgan fingerprint density at radius 2 is 2.33 bits per heavy atom. The van der Waals surface area contributed by atoms with Crippen LogP contribution in [-0.4, -0.2) is 30.4 Å². The summed E-state index contributed by atoms with van der Waals surface area (Å²) in [6.07, 6.45) is 0. The average Bonchev–Trinajstić information content (AvgIpc) is 2.94. The molecule has 3 nitrogen and oxygen atoms in total. The minimum Gasteiger partial charge on any atom is -0.338 e. The van der Waals surface area contributed by atoms with E-state index in [9.17, 15) is 4.79 Å². The Morgan fingerprint density at radius 1 is 1.56 bits per heavy atom. The molecule has 0 aliphatic carbocycles. The van der Waals surface area contributed by atoms with Gasteiger partial charge >= 0.3 is 0 Å². The van der Waals surface area contributed by atoms with Gasteiger partial charge in [-0.05, 0) is 31.5 Å². The van der Waals surface area contributed by atoms with Crippen LogP contribution in [-0.2, 0) is 11.3 Å². The molecule has 1 amide bonds. The maximum atomic E-state index is 12.5. The Bertz CT molecular complexity index is 421. The van der Waals surface area contributed by atoms with Crippen LogP contribution in [0.25, 0.3) is 0 Å². The molecule has 0 radical (unpaired) electrons. The van der Waals surface area contributed by atoms with Crippen molar-refractivity contribution >= 4 is 28.8 Å². The van der Waals surface area contributed by atoms with Crippen LogP contribution in [0.5, 0.6) is 0 Å². The summed E-state index contributed by atoms with van der Waals surface area (Å²) in [5.74, 6) is 0.818. The number of nitrogens with one attached hydrogen (secondary N) is 1. The van der Waals surface area contributed by atoms with Crippen molar-refractivity contribution in [3.05, 3.63) is 21.3 Å². The summed E-state index contributed by atoms with van der Waals surface area (Å²) in [7, 11) is 0. The lowest BCUT2D eigenvalue weighted by atomic mass is 9.96. The third kappa shape index (κ3) is 3.05. The lowest BCUT2D eigenvalue weighted by Gasteiger charge is -2.25. The highest BCUT2D eigenvalue weighted by atomic mass is 35.5. The second-order valence-electron chi connectivity index (χ2n) is 4.80. The second kappa shape index (κ2) is 6.04. The van der Waals surface area contributed by atoms with E-state index in [-0.39, 0.29) is 11.8 Å².